The van der Waals surface area contributed by atoms with Crippen molar-refractivity contribution in [2.45, 2.75) is 45.3 Å². The lowest BCUT2D eigenvalue weighted by atomic mass is 9.89. The van der Waals surface area contributed by atoms with Crippen molar-refractivity contribution in [2.75, 3.05) is 32.8 Å². The van der Waals surface area contributed by atoms with E-state index >= 15 is 0 Å². The third-order valence-electron chi connectivity index (χ3n) is 5.63. The average molecular weight is 390 g/mol. The molecule has 1 spiro atoms. The second-order valence-corrected chi connectivity index (χ2v) is 8.63. The predicted octanol–water partition coefficient (Wildman–Crippen LogP) is 3.11. The van der Waals surface area contributed by atoms with Gasteiger partial charge in [0.05, 0.1) is 42.0 Å². The smallest absolute Gasteiger partial charge is 0.266 e. The zero-order chi connectivity index (χ0) is 18.9. The Kier molecular flexibility index (Phi) is 5.34. The molecule has 0 saturated carbocycles. The van der Waals surface area contributed by atoms with Crippen molar-refractivity contribution in [2.24, 2.45) is 0 Å². The van der Waals surface area contributed by atoms with E-state index in [1.807, 2.05) is 24.2 Å². The summed E-state index contributed by atoms with van der Waals surface area (Å²) in [5.74, 6) is 0.119. The van der Waals surface area contributed by atoms with Gasteiger partial charge in [0, 0.05) is 31.7 Å². The normalized spacial score (nSPS) is 20.3. The molecule has 4 heterocycles. The molecule has 0 aromatic carbocycles. The Morgan fingerprint density at radius 1 is 1.33 bits per heavy atom. The number of nitrogens with zero attached hydrogens (tertiary/aromatic N) is 3. The summed E-state index contributed by atoms with van der Waals surface area (Å²) in [5, 5.41) is 1.03. The summed E-state index contributed by atoms with van der Waals surface area (Å²) >= 11 is 1.54. The van der Waals surface area contributed by atoms with Gasteiger partial charge in [-0.2, -0.15) is 0 Å². The van der Waals surface area contributed by atoms with Gasteiger partial charge >= 0.3 is 0 Å². The molecule has 2 aliphatic rings. The van der Waals surface area contributed by atoms with E-state index < -0.39 is 0 Å². The van der Waals surface area contributed by atoms with Crippen LogP contribution in [-0.4, -0.2) is 59.1 Å². The Labute approximate surface area is 164 Å². The number of amides is 1. The monoisotopic (exact) mass is 389 g/mol. The number of carbonyl (C=O) groups is 1. The molecule has 6 nitrogen and oxygen atoms in total. The van der Waals surface area contributed by atoms with Crippen LogP contribution in [0.4, 0.5) is 0 Å². The topological polar surface area (TPSA) is 58.8 Å². The molecule has 0 aliphatic carbocycles. The molecule has 146 valence electrons. The summed E-state index contributed by atoms with van der Waals surface area (Å²) in [4.78, 5) is 22.8. The maximum atomic E-state index is 13.1. The SMILES string of the molecule is CCc1nc(C)c(C(=O)N2CCOC3(CCN(Cc4ccoc4)CC3)C2)s1. The van der Waals surface area contributed by atoms with Crippen LogP contribution < -0.4 is 0 Å². The van der Waals surface area contributed by atoms with Crippen LogP contribution in [0.1, 0.15) is 45.7 Å². The average Bonchev–Trinajstić information content (AvgIpc) is 3.33. The number of likely N-dealkylation sites (tertiary alicyclic amines) is 1. The zero-order valence-corrected chi connectivity index (χ0v) is 16.9. The van der Waals surface area contributed by atoms with Crippen molar-refractivity contribution in [3.8, 4) is 0 Å². The Morgan fingerprint density at radius 3 is 2.81 bits per heavy atom. The number of aromatic nitrogens is 1. The predicted molar refractivity (Wildman–Crippen MR) is 104 cm³/mol. The number of hydrogen-bond acceptors (Lipinski definition) is 6. The van der Waals surface area contributed by atoms with Crippen molar-refractivity contribution >= 4 is 17.2 Å². The van der Waals surface area contributed by atoms with Gasteiger partial charge in [-0.1, -0.05) is 6.92 Å². The molecule has 2 aliphatic heterocycles. The summed E-state index contributed by atoms with van der Waals surface area (Å²) in [6.45, 7) is 8.85. The first-order valence-corrected chi connectivity index (χ1v) is 10.5. The van der Waals surface area contributed by atoms with E-state index in [-0.39, 0.29) is 11.5 Å². The van der Waals surface area contributed by atoms with Gasteiger partial charge in [-0.3, -0.25) is 9.69 Å². The minimum Gasteiger partial charge on any atom is -0.472 e. The highest BCUT2D eigenvalue weighted by molar-refractivity contribution is 7.13. The van der Waals surface area contributed by atoms with E-state index in [1.165, 1.54) is 16.9 Å². The lowest BCUT2D eigenvalue weighted by Gasteiger charge is -2.47. The first kappa shape index (κ1) is 18.7. The summed E-state index contributed by atoms with van der Waals surface area (Å²) in [6.07, 6.45) is 6.31. The van der Waals surface area contributed by atoms with Gasteiger partial charge < -0.3 is 14.1 Å². The number of carbonyl (C=O) groups excluding carboxylic acids is 1. The van der Waals surface area contributed by atoms with Crippen LogP contribution in [0.15, 0.2) is 23.0 Å². The highest BCUT2D eigenvalue weighted by atomic mass is 32.1. The van der Waals surface area contributed by atoms with E-state index in [2.05, 4.69) is 16.8 Å². The molecule has 27 heavy (non-hydrogen) atoms. The summed E-state index contributed by atoms with van der Waals surface area (Å²) in [7, 11) is 0. The van der Waals surface area contributed by atoms with E-state index in [4.69, 9.17) is 9.15 Å². The van der Waals surface area contributed by atoms with Gasteiger partial charge in [0.2, 0.25) is 0 Å². The van der Waals surface area contributed by atoms with Crippen LogP contribution >= 0.6 is 11.3 Å². The number of rotatable bonds is 4. The fourth-order valence-corrected chi connectivity index (χ4v) is 5.00. The summed E-state index contributed by atoms with van der Waals surface area (Å²) in [6, 6.07) is 2.02. The maximum Gasteiger partial charge on any atom is 0.266 e. The molecule has 1 amide bonds. The molecule has 0 unspecified atom stereocenters. The van der Waals surface area contributed by atoms with Gasteiger partial charge in [0.15, 0.2) is 0 Å². The van der Waals surface area contributed by atoms with E-state index in [0.717, 1.165) is 54.5 Å². The van der Waals surface area contributed by atoms with Crippen molar-refractivity contribution in [1.29, 1.82) is 0 Å². The number of thiazole rings is 1. The third-order valence-corrected chi connectivity index (χ3v) is 6.92. The Bertz CT molecular complexity index is 779. The quantitative estimate of drug-likeness (QED) is 0.804. The molecule has 0 atom stereocenters. The van der Waals surface area contributed by atoms with Crippen LogP contribution in [0.2, 0.25) is 0 Å². The molecule has 2 aromatic rings. The van der Waals surface area contributed by atoms with Gasteiger partial charge in [0.1, 0.15) is 4.88 Å². The van der Waals surface area contributed by atoms with Crippen LogP contribution in [0.5, 0.6) is 0 Å². The van der Waals surface area contributed by atoms with Gasteiger partial charge in [-0.25, -0.2) is 4.98 Å². The maximum absolute atomic E-state index is 13.1. The molecule has 4 rings (SSSR count). The molecule has 0 radical (unpaired) electrons. The summed E-state index contributed by atoms with van der Waals surface area (Å²) in [5.41, 5.74) is 1.87. The molecule has 0 N–H and O–H groups in total. The Balaban J connectivity index is 1.39. The molecule has 2 aromatic heterocycles. The van der Waals surface area contributed by atoms with Crippen LogP contribution in [0, 0.1) is 6.92 Å². The number of ether oxygens (including phenoxy) is 1. The second-order valence-electron chi connectivity index (χ2n) is 7.54. The highest BCUT2D eigenvalue weighted by Crippen LogP contribution is 2.32. The van der Waals surface area contributed by atoms with E-state index in [0.29, 0.717) is 19.7 Å². The molecule has 0 bridgehead atoms. The van der Waals surface area contributed by atoms with Crippen LogP contribution in [0.25, 0.3) is 0 Å². The number of furan rings is 1. The first-order chi connectivity index (χ1) is 13.1. The largest absolute Gasteiger partial charge is 0.472 e. The van der Waals surface area contributed by atoms with Crippen molar-refractivity contribution in [3.63, 3.8) is 0 Å². The fourth-order valence-electron chi connectivity index (χ4n) is 4.03. The standard InChI is InChI=1S/C20H27N3O3S/c1-3-17-21-15(2)18(27-17)19(24)23-9-11-26-20(14-23)5-7-22(8-6-20)12-16-4-10-25-13-16/h4,10,13H,3,5-9,11-12,14H2,1-2H3. The van der Waals surface area contributed by atoms with Gasteiger partial charge in [-0.15, -0.1) is 11.3 Å². The van der Waals surface area contributed by atoms with Crippen molar-refractivity contribution in [3.05, 3.63) is 39.7 Å². The minimum absolute atomic E-state index is 0.119. The number of hydrogen-bond donors (Lipinski definition) is 0. The van der Waals surface area contributed by atoms with Crippen LogP contribution in [-0.2, 0) is 17.7 Å². The molecule has 2 fully saturated rings. The molecule has 2 saturated heterocycles. The zero-order valence-electron chi connectivity index (χ0n) is 16.1. The first-order valence-electron chi connectivity index (χ1n) is 9.71. The summed E-state index contributed by atoms with van der Waals surface area (Å²) < 4.78 is 11.4. The number of piperidine rings is 1. The third kappa shape index (κ3) is 3.95. The van der Waals surface area contributed by atoms with Crippen LogP contribution in [0.3, 0.4) is 0 Å². The van der Waals surface area contributed by atoms with Gasteiger partial charge in [0.25, 0.3) is 5.91 Å². The van der Waals surface area contributed by atoms with Gasteiger partial charge in [-0.05, 0) is 32.3 Å². The molecule has 7 heteroatoms. The lowest BCUT2D eigenvalue weighted by molar-refractivity contribution is -0.127. The minimum atomic E-state index is -0.201. The highest BCUT2D eigenvalue weighted by Gasteiger charge is 2.41. The van der Waals surface area contributed by atoms with E-state index in [9.17, 15) is 4.79 Å². The lowest BCUT2D eigenvalue weighted by Crippen LogP contribution is -2.57. The number of aryl methyl sites for hydroxylation is 2. The number of morpholine rings is 1. The fraction of sp³-hybridized carbons (Fsp3) is 0.600. The van der Waals surface area contributed by atoms with Crippen molar-refractivity contribution < 1.29 is 13.9 Å². The molecular weight excluding hydrogens is 362 g/mol. The Hall–Kier alpha value is -1.70. The van der Waals surface area contributed by atoms with E-state index in [1.54, 1.807) is 6.26 Å². The Morgan fingerprint density at radius 2 is 2.15 bits per heavy atom. The van der Waals surface area contributed by atoms with Crippen molar-refractivity contribution in [1.82, 2.24) is 14.8 Å². The molecular formula is C20H27N3O3S. The second kappa shape index (κ2) is 7.73.